The number of aliphatic carboxylic acids is 1. The number of hydrogen-bond donors (Lipinski definition) is 3. The smallest absolute Gasteiger partial charge is 0.326 e. The third-order valence-corrected chi connectivity index (χ3v) is 2.47. The third kappa shape index (κ3) is 9.01. The lowest BCUT2D eigenvalue weighted by molar-refractivity contribution is -0.158. The van der Waals surface area contributed by atoms with E-state index >= 15 is 0 Å². The number of hydrogen-bond acceptors (Lipinski definition) is 5. The monoisotopic (exact) mass is 302 g/mol. The Hall–Kier alpha value is -1.63. The molecule has 0 aliphatic rings. The molecule has 0 saturated heterocycles. The summed E-state index contributed by atoms with van der Waals surface area (Å²) in [7, 11) is 0. The number of nitrogens with two attached hydrogens (primary N) is 1. The van der Waals surface area contributed by atoms with Gasteiger partial charge >= 0.3 is 11.9 Å². The van der Waals surface area contributed by atoms with Gasteiger partial charge in [0.05, 0.1) is 12.5 Å². The van der Waals surface area contributed by atoms with E-state index in [1.54, 1.807) is 20.8 Å². The number of amides is 1. The summed E-state index contributed by atoms with van der Waals surface area (Å²) in [6.07, 6.45) is -0.00263. The summed E-state index contributed by atoms with van der Waals surface area (Å²) in [6.45, 7) is 8.85. The second-order valence-electron chi connectivity index (χ2n) is 6.43. The molecular formula is C14H26N2O5. The van der Waals surface area contributed by atoms with Gasteiger partial charge in [0.15, 0.2) is 0 Å². The van der Waals surface area contributed by atoms with E-state index in [1.807, 2.05) is 13.8 Å². The highest BCUT2D eigenvalue weighted by molar-refractivity contribution is 5.89. The molecule has 0 aliphatic heterocycles. The van der Waals surface area contributed by atoms with Gasteiger partial charge in [0.2, 0.25) is 5.91 Å². The summed E-state index contributed by atoms with van der Waals surface area (Å²) >= 11 is 0. The Morgan fingerprint density at radius 1 is 1.24 bits per heavy atom. The average Bonchev–Trinajstić information content (AvgIpc) is 2.23. The minimum atomic E-state index is -1.34. The van der Waals surface area contributed by atoms with E-state index in [-0.39, 0.29) is 5.92 Å². The number of nitrogens with one attached hydrogen (secondary N) is 1. The molecule has 0 saturated carbocycles. The van der Waals surface area contributed by atoms with Gasteiger partial charge in [0.25, 0.3) is 0 Å². The van der Waals surface area contributed by atoms with Crippen molar-refractivity contribution in [3.8, 4) is 0 Å². The van der Waals surface area contributed by atoms with Crippen molar-refractivity contribution >= 4 is 17.8 Å². The van der Waals surface area contributed by atoms with Gasteiger partial charge in [-0.3, -0.25) is 9.59 Å². The lowest BCUT2D eigenvalue weighted by Gasteiger charge is -2.22. The molecule has 4 N–H and O–H groups in total. The molecular weight excluding hydrogens is 276 g/mol. The first-order valence-corrected chi connectivity index (χ1v) is 6.93. The topological polar surface area (TPSA) is 119 Å². The number of rotatable bonds is 7. The van der Waals surface area contributed by atoms with Crippen LogP contribution in [0.25, 0.3) is 0 Å². The van der Waals surface area contributed by atoms with Gasteiger partial charge in [-0.1, -0.05) is 13.8 Å². The number of carbonyl (C=O) groups is 3. The lowest BCUT2D eigenvalue weighted by atomic mass is 10.0. The second-order valence-corrected chi connectivity index (χ2v) is 6.43. The van der Waals surface area contributed by atoms with E-state index in [2.05, 4.69) is 5.32 Å². The second kappa shape index (κ2) is 7.97. The highest BCUT2D eigenvalue weighted by atomic mass is 16.6. The maximum atomic E-state index is 11.8. The van der Waals surface area contributed by atoms with E-state index in [0.717, 1.165) is 0 Å². The third-order valence-electron chi connectivity index (χ3n) is 2.47. The first-order chi connectivity index (χ1) is 9.42. The van der Waals surface area contributed by atoms with Gasteiger partial charge in [-0.15, -0.1) is 0 Å². The Morgan fingerprint density at radius 2 is 1.76 bits per heavy atom. The Morgan fingerprint density at radius 3 is 2.14 bits per heavy atom. The fourth-order valence-electron chi connectivity index (χ4n) is 1.64. The van der Waals surface area contributed by atoms with Crippen molar-refractivity contribution < 1.29 is 24.2 Å². The number of carboxylic acids is 1. The van der Waals surface area contributed by atoms with Crippen molar-refractivity contribution in [3.05, 3.63) is 0 Å². The van der Waals surface area contributed by atoms with E-state index in [4.69, 9.17) is 15.6 Å². The zero-order chi connectivity index (χ0) is 16.8. The van der Waals surface area contributed by atoms with E-state index in [0.29, 0.717) is 6.42 Å². The maximum absolute atomic E-state index is 11.8. The van der Waals surface area contributed by atoms with Crippen LogP contribution < -0.4 is 11.1 Å². The predicted molar refractivity (Wildman–Crippen MR) is 77.5 cm³/mol. The molecule has 7 heteroatoms. The van der Waals surface area contributed by atoms with Crippen molar-refractivity contribution in [2.75, 3.05) is 0 Å². The zero-order valence-electron chi connectivity index (χ0n) is 13.3. The number of ether oxygens (including phenoxy) is 1. The molecule has 0 aromatic heterocycles. The SMILES string of the molecule is CC(C)C[C@@H](N)C(=O)N[C@@H](CC(=O)OC(C)(C)C)C(=O)O. The molecule has 122 valence electrons. The molecule has 0 aromatic carbocycles. The Kier molecular flexibility index (Phi) is 7.35. The zero-order valence-corrected chi connectivity index (χ0v) is 13.3. The lowest BCUT2D eigenvalue weighted by Crippen LogP contribution is -2.49. The highest BCUT2D eigenvalue weighted by Crippen LogP contribution is 2.10. The van der Waals surface area contributed by atoms with Gasteiger partial charge in [0.1, 0.15) is 11.6 Å². The summed E-state index contributed by atoms with van der Waals surface area (Å²) in [5.41, 5.74) is 4.97. The molecule has 0 unspecified atom stereocenters. The minimum absolute atomic E-state index is 0.208. The minimum Gasteiger partial charge on any atom is -0.480 e. The van der Waals surface area contributed by atoms with Crippen LogP contribution in [0.3, 0.4) is 0 Å². The number of carbonyl (C=O) groups excluding carboxylic acids is 2. The molecule has 0 bridgehead atoms. The van der Waals surface area contributed by atoms with Crippen LogP contribution in [0.5, 0.6) is 0 Å². The molecule has 0 spiro atoms. The Labute approximate surface area is 125 Å². The Balaban J connectivity index is 4.60. The fraction of sp³-hybridized carbons (Fsp3) is 0.786. The van der Waals surface area contributed by atoms with Gasteiger partial charge in [-0.25, -0.2) is 4.79 Å². The van der Waals surface area contributed by atoms with Gasteiger partial charge in [-0.05, 0) is 33.1 Å². The van der Waals surface area contributed by atoms with E-state index < -0.39 is 42.0 Å². The van der Waals surface area contributed by atoms with Crippen LogP contribution in [0.4, 0.5) is 0 Å². The molecule has 2 atom stereocenters. The quantitative estimate of drug-likeness (QED) is 0.594. The van der Waals surface area contributed by atoms with E-state index in [9.17, 15) is 14.4 Å². The molecule has 1 amide bonds. The molecule has 0 aliphatic carbocycles. The standard InChI is InChI=1S/C14H26N2O5/c1-8(2)6-9(15)12(18)16-10(13(19)20)7-11(17)21-14(3,4)5/h8-10H,6-7,15H2,1-5H3,(H,16,18)(H,19,20)/t9-,10+/m1/s1. The van der Waals surface area contributed by atoms with Crippen LogP contribution >= 0.6 is 0 Å². The summed E-state index contributed by atoms with van der Waals surface area (Å²) in [6, 6.07) is -2.14. The van der Waals surface area contributed by atoms with Crippen LogP contribution in [0.15, 0.2) is 0 Å². The summed E-state index contributed by atoms with van der Waals surface area (Å²) < 4.78 is 5.04. The summed E-state index contributed by atoms with van der Waals surface area (Å²) in [4.78, 5) is 34.6. The first kappa shape index (κ1) is 19.4. The van der Waals surface area contributed by atoms with Gasteiger partial charge in [0, 0.05) is 0 Å². The molecule has 0 aromatic rings. The largest absolute Gasteiger partial charge is 0.480 e. The molecule has 7 nitrogen and oxygen atoms in total. The van der Waals surface area contributed by atoms with Crippen molar-refractivity contribution in [2.45, 2.75) is 65.1 Å². The highest BCUT2D eigenvalue weighted by Gasteiger charge is 2.28. The maximum Gasteiger partial charge on any atom is 0.326 e. The number of esters is 1. The van der Waals surface area contributed by atoms with Crippen molar-refractivity contribution in [2.24, 2.45) is 11.7 Å². The van der Waals surface area contributed by atoms with Crippen molar-refractivity contribution in [3.63, 3.8) is 0 Å². The molecule has 0 fully saturated rings. The summed E-state index contributed by atoms with van der Waals surface area (Å²) in [5, 5.41) is 11.3. The Bertz CT molecular complexity index is 387. The van der Waals surface area contributed by atoms with Crippen LogP contribution in [0, 0.1) is 5.92 Å². The van der Waals surface area contributed by atoms with E-state index in [1.165, 1.54) is 0 Å². The van der Waals surface area contributed by atoms with Crippen LogP contribution in [0.1, 0.15) is 47.5 Å². The van der Waals surface area contributed by atoms with Crippen LogP contribution in [-0.2, 0) is 19.1 Å². The van der Waals surface area contributed by atoms with Gasteiger partial charge < -0.3 is 20.9 Å². The molecule has 21 heavy (non-hydrogen) atoms. The number of carboxylic acid groups (broad SMARTS) is 1. The summed E-state index contributed by atoms with van der Waals surface area (Å²) in [5.74, 6) is -2.36. The normalized spacial score (nSPS) is 14.4. The van der Waals surface area contributed by atoms with Crippen LogP contribution in [0.2, 0.25) is 0 Å². The average molecular weight is 302 g/mol. The fourth-order valence-corrected chi connectivity index (χ4v) is 1.64. The molecule has 0 radical (unpaired) electrons. The predicted octanol–water partition coefficient (Wildman–Crippen LogP) is 0.661. The molecule has 0 heterocycles. The van der Waals surface area contributed by atoms with Crippen molar-refractivity contribution in [1.29, 1.82) is 0 Å². The van der Waals surface area contributed by atoms with Gasteiger partial charge in [-0.2, -0.15) is 0 Å². The van der Waals surface area contributed by atoms with Crippen molar-refractivity contribution in [1.82, 2.24) is 5.32 Å². The first-order valence-electron chi connectivity index (χ1n) is 6.93. The molecule has 0 rings (SSSR count). The van der Waals surface area contributed by atoms with Crippen LogP contribution in [-0.4, -0.2) is 40.6 Å².